The number of benzene rings is 1. The third-order valence-corrected chi connectivity index (χ3v) is 4.77. The monoisotopic (exact) mass is 359 g/mol. The second-order valence-corrected chi connectivity index (χ2v) is 6.58. The molecule has 0 aromatic heterocycles. The van der Waals surface area contributed by atoms with Crippen molar-refractivity contribution in [2.24, 2.45) is 0 Å². The van der Waals surface area contributed by atoms with E-state index < -0.39 is 0 Å². The first-order valence-electron chi connectivity index (χ1n) is 8.93. The van der Waals surface area contributed by atoms with Gasteiger partial charge in [-0.2, -0.15) is 0 Å². The van der Waals surface area contributed by atoms with E-state index in [4.69, 9.17) is 9.47 Å². The van der Waals surface area contributed by atoms with Crippen molar-refractivity contribution in [2.75, 3.05) is 51.3 Å². The molecular weight excluding hydrogens is 337 g/mol. The zero-order valence-corrected chi connectivity index (χ0v) is 14.5. The van der Waals surface area contributed by atoms with E-state index >= 15 is 0 Å². The number of carbonyl (C=O) groups excluding carboxylic acids is 1. The maximum Gasteiger partial charge on any atom is 0.260 e. The van der Waals surface area contributed by atoms with E-state index in [0.717, 1.165) is 51.5 Å². The summed E-state index contributed by atoms with van der Waals surface area (Å²) in [6.07, 6.45) is 2.90. The van der Waals surface area contributed by atoms with Crippen molar-refractivity contribution in [2.45, 2.75) is 6.42 Å². The predicted octanol–water partition coefficient (Wildman–Crippen LogP) is 1.71. The number of ether oxygens (including phenoxy) is 2. The average Bonchev–Trinajstić information content (AvgIpc) is 3.22. The minimum atomic E-state index is -0.374. The molecule has 0 aliphatic carbocycles. The van der Waals surface area contributed by atoms with Crippen molar-refractivity contribution >= 4 is 17.2 Å². The van der Waals surface area contributed by atoms with Gasteiger partial charge in [0.05, 0.1) is 30.2 Å². The molecule has 2 N–H and O–H groups in total. The van der Waals surface area contributed by atoms with E-state index in [1.165, 1.54) is 12.1 Å². The lowest BCUT2D eigenvalue weighted by molar-refractivity contribution is -0.110. The van der Waals surface area contributed by atoms with E-state index in [1.807, 2.05) is 6.08 Å². The van der Waals surface area contributed by atoms with Gasteiger partial charge < -0.3 is 20.1 Å². The lowest BCUT2D eigenvalue weighted by Gasteiger charge is -2.26. The Morgan fingerprint density at radius 2 is 2.12 bits per heavy atom. The molecule has 0 unspecified atom stereocenters. The van der Waals surface area contributed by atoms with Crippen LogP contribution < -0.4 is 10.6 Å². The highest BCUT2D eigenvalue weighted by atomic mass is 19.1. The number of rotatable bonds is 5. The van der Waals surface area contributed by atoms with Crippen LogP contribution in [0.25, 0.3) is 5.57 Å². The third kappa shape index (κ3) is 3.59. The van der Waals surface area contributed by atoms with E-state index in [-0.39, 0.29) is 11.7 Å². The van der Waals surface area contributed by atoms with Crippen LogP contribution in [-0.2, 0) is 14.3 Å². The SMILES string of the molecule is O=C1Nc2cc(F)ccc2/C1=C1\C=C(NCCCN2CCOCC2)CO1. The molecule has 1 saturated heterocycles. The summed E-state index contributed by atoms with van der Waals surface area (Å²) in [6, 6.07) is 4.28. The topological polar surface area (TPSA) is 62.8 Å². The van der Waals surface area contributed by atoms with Gasteiger partial charge >= 0.3 is 0 Å². The quantitative estimate of drug-likeness (QED) is 0.619. The van der Waals surface area contributed by atoms with E-state index in [9.17, 15) is 9.18 Å². The highest BCUT2D eigenvalue weighted by Gasteiger charge is 2.30. The molecular formula is C19H22FN3O3. The highest BCUT2D eigenvalue weighted by molar-refractivity contribution is 6.32. The molecule has 1 aromatic rings. The largest absolute Gasteiger partial charge is 0.486 e. The van der Waals surface area contributed by atoms with Gasteiger partial charge in [0.1, 0.15) is 18.2 Å². The zero-order chi connectivity index (χ0) is 17.9. The van der Waals surface area contributed by atoms with Gasteiger partial charge in [-0.3, -0.25) is 9.69 Å². The smallest absolute Gasteiger partial charge is 0.260 e. The van der Waals surface area contributed by atoms with Gasteiger partial charge in [0.15, 0.2) is 0 Å². The zero-order valence-electron chi connectivity index (χ0n) is 14.5. The molecule has 138 valence electrons. The summed E-state index contributed by atoms with van der Waals surface area (Å²) in [6.45, 7) is 5.94. The Balaban J connectivity index is 1.37. The normalized spacial score (nSPS) is 22.7. The molecule has 4 rings (SSSR count). The van der Waals surface area contributed by atoms with Gasteiger partial charge in [-0.15, -0.1) is 0 Å². The van der Waals surface area contributed by atoms with Crippen LogP contribution in [0.2, 0.25) is 0 Å². The van der Waals surface area contributed by atoms with Crippen molar-refractivity contribution in [3.63, 3.8) is 0 Å². The van der Waals surface area contributed by atoms with Gasteiger partial charge in [0, 0.05) is 31.3 Å². The standard InChI is InChI=1S/C19H22FN3O3/c20-13-2-3-15-16(10-13)22-19(24)18(15)17-11-14(12-26-17)21-4-1-5-23-6-8-25-9-7-23/h2-3,10-11,21H,1,4-9,12H2,(H,22,24)/b18-17-. The van der Waals surface area contributed by atoms with Crippen LogP contribution in [0.3, 0.4) is 0 Å². The van der Waals surface area contributed by atoms with Crippen molar-refractivity contribution < 1.29 is 18.7 Å². The van der Waals surface area contributed by atoms with Gasteiger partial charge in [0.25, 0.3) is 5.91 Å². The molecule has 0 atom stereocenters. The molecule has 3 heterocycles. The number of hydrogen-bond acceptors (Lipinski definition) is 5. The first-order valence-corrected chi connectivity index (χ1v) is 8.93. The van der Waals surface area contributed by atoms with Crippen molar-refractivity contribution in [1.29, 1.82) is 0 Å². The van der Waals surface area contributed by atoms with Crippen LogP contribution in [0.4, 0.5) is 10.1 Å². The molecule has 0 saturated carbocycles. The summed E-state index contributed by atoms with van der Waals surface area (Å²) in [7, 11) is 0. The van der Waals surface area contributed by atoms with Crippen LogP contribution in [0.15, 0.2) is 35.7 Å². The Hall–Kier alpha value is -2.38. The number of morpholine rings is 1. The fraction of sp³-hybridized carbons (Fsp3) is 0.421. The number of hydrogen-bond donors (Lipinski definition) is 2. The molecule has 0 radical (unpaired) electrons. The van der Waals surface area contributed by atoms with Gasteiger partial charge in [0.2, 0.25) is 0 Å². The minimum absolute atomic E-state index is 0.259. The van der Waals surface area contributed by atoms with Crippen LogP contribution >= 0.6 is 0 Å². The van der Waals surface area contributed by atoms with Crippen molar-refractivity contribution in [3.05, 3.63) is 47.1 Å². The number of amides is 1. The fourth-order valence-corrected chi connectivity index (χ4v) is 3.41. The summed E-state index contributed by atoms with van der Waals surface area (Å²) in [5.41, 5.74) is 2.58. The van der Waals surface area contributed by atoms with E-state index in [0.29, 0.717) is 29.2 Å². The Morgan fingerprint density at radius 3 is 2.96 bits per heavy atom. The average molecular weight is 359 g/mol. The van der Waals surface area contributed by atoms with Crippen LogP contribution in [0, 0.1) is 5.82 Å². The molecule has 0 bridgehead atoms. The maximum atomic E-state index is 13.3. The number of fused-ring (bicyclic) bond motifs is 1. The molecule has 26 heavy (non-hydrogen) atoms. The summed E-state index contributed by atoms with van der Waals surface area (Å²) in [4.78, 5) is 14.6. The lowest BCUT2D eigenvalue weighted by atomic mass is 10.1. The number of allylic oxidation sites excluding steroid dienone is 1. The minimum Gasteiger partial charge on any atom is -0.486 e. The molecule has 1 amide bonds. The molecule has 3 aliphatic rings. The van der Waals surface area contributed by atoms with Crippen LogP contribution in [0.5, 0.6) is 0 Å². The second-order valence-electron chi connectivity index (χ2n) is 6.58. The molecule has 1 aromatic carbocycles. The van der Waals surface area contributed by atoms with E-state index in [1.54, 1.807) is 6.07 Å². The Labute approximate surface area is 151 Å². The number of nitrogens with zero attached hydrogens (tertiary/aromatic N) is 1. The lowest BCUT2D eigenvalue weighted by Crippen LogP contribution is -2.37. The van der Waals surface area contributed by atoms with Crippen LogP contribution in [0.1, 0.15) is 12.0 Å². The molecule has 1 fully saturated rings. The first-order chi connectivity index (χ1) is 12.7. The molecule has 0 spiro atoms. The Morgan fingerprint density at radius 1 is 1.27 bits per heavy atom. The molecule has 3 aliphatic heterocycles. The second kappa shape index (κ2) is 7.47. The highest BCUT2D eigenvalue weighted by Crippen LogP contribution is 2.36. The third-order valence-electron chi connectivity index (χ3n) is 4.77. The van der Waals surface area contributed by atoms with E-state index in [2.05, 4.69) is 15.5 Å². The number of nitrogens with one attached hydrogen (secondary N) is 2. The summed E-state index contributed by atoms with van der Waals surface area (Å²) in [5.74, 6) is -0.102. The first kappa shape index (κ1) is 17.1. The number of anilines is 1. The van der Waals surface area contributed by atoms with Gasteiger partial charge in [-0.05, 0) is 31.2 Å². The maximum absolute atomic E-state index is 13.3. The Kier molecular flexibility index (Phi) is 4.90. The number of halogens is 1. The van der Waals surface area contributed by atoms with Crippen molar-refractivity contribution in [3.8, 4) is 0 Å². The van der Waals surface area contributed by atoms with Gasteiger partial charge in [-0.1, -0.05) is 0 Å². The number of carbonyl (C=O) groups is 1. The summed E-state index contributed by atoms with van der Waals surface area (Å²) < 4.78 is 24.4. The molecule has 6 nitrogen and oxygen atoms in total. The van der Waals surface area contributed by atoms with Gasteiger partial charge in [-0.25, -0.2) is 4.39 Å². The summed E-state index contributed by atoms with van der Waals surface area (Å²) >= 11 is 0. The fourth-order valence-electron chi connectivity index (χ4n) is 3.41. The summed E-state index contributed by atoms with van der Waals surface area (Å²) in [5, 5.41) is 6.06. The van der Waals surface area contributed by atoms with Crippen LogP contribution in [-0.4, -0.2) is 56.8 Å². The van der Waals surface area contributed by atoms with Crippen molar-refractivity contribution in [1.82, 2.24) is 10.2 Å². The Bertz CT molecular complexity index is 769. The predicted molar refractivity (Wildman–Crippen MR) is 95.9 cm³/mol. The molecule has 7 heteroatoms.